The Hall–Kier alpha value is -3.34. The topological polar surface area (TPSA) is 74.1 Å². The zero-order valence-electron chi connectivity index (χ0n) is 14.7. The van der Waals surface area contributed by atoms with E-state index in [0.29, 0.717) is 23.3 Å². The van der Waals surface area contributed by atoms with Gasteiger partial charge in [-0.2, -0.15) is 0 Å². The fourth-order valence-electron chi connectivity index (χ4n) is 3.30. The summed E-state index contributed by atoms with van der Waals surface area (Å²) >= 11 is 0. The number of nitrogens with two attached hydrogens (primary N) is 1. The molecule has 4 rings (SSSR count). The van der Waals surface area contributed by atoms with Gasteiger partial charge in [-0.05, 0) is 36.2 Å². The highest BCUT2D eigenvalue weighted by Gasteiger charge is 2.13. The van der Waals surface area contributed by atoms with Gasteiger partial charge in [-0.15, -0.1) is 0 Å². The van der Waals surface area contributed by atoms with Crippen molar-refractivity contribution in [3.8, 4) is 11.3 Å². The predicted octanol–water partition coefficient (Wildman–Crippen LogP) is 3.67. The Morgan fingerprint density at radius 2 is 2.04 bits per heavy atom. The van der Waals surface area contributed by atoms with Crippen LogP contribution in [0.4, 0.5) is 5.69 Å². The van der Waals surface area contributed by atoms with Crippen molar-refractivity contribution in [2.24, 2.45) is 7.05 Å². The molecule has 0 atom stereocenters. The van der Waals surface area contributed by atoms with E-state index in [9.17, 15) is 4.79 Å². The highest BCUT2D eigenvalue weighted by Crippen LogP contribution is 2.27. The standard InChI is InChI=1S/C21H19N3O2/c1-13-17-7-6-15(19-11-23-12-24(19)2)10-20(17)26-21(25)18(13)9-14-4-3-5-16(22)8-14/h3-8,10-12H,9,22H2,1-2H3. The van der Waals surface area contributed by atoms with Gasteiger partial charge >= 0.3 is 5.63 Å². The number of aromatic nitrogens is 2. The lowest BCUT2D eigenvalue weighted by molar-refractivity contribution is 0.551. The molecular weight excluding hydrogens is 326 g/mol. The molecule has 0 aliphatic heterocycles. The molecule has 0 saturated carbocycles. The second-order valence-electron chi connectivity index (χ2n) is 6.52. The van der Waals surface area contributed by atoms with Crippen molar-refractivity contribution in [2.75, 3.05) is 5.73 Å². The Labute approximate surface area is 150 Å². The van der Waals surface area contributed by atoms with Gasteiger partial charge < -0.3 is 14.7 Å². The molecule has 0 saturated heterocycles. The summed E-state index contributed by atoms with van der Waals surface area (Å²) in [6.07, 6.45) is 4.04. The molecule has 2 heterocycles. The van der Waals surface area contributed by atoms with E-state index in [1.807, 2.05) is 61.0 Å². The molecular formula is C21H19N3O2. The fraction of sp³-hybridized carbons (Fsp3) is 0.143. The van der Waals surface area contributed by atoms with Gasteiger partial charge in [0.1, 0.15) is 5.58 Å². The molecule has 0 aliphatic carbocycles. The van der Waals surface area contributed by atoms with E-state index in [1.165, 1.54) is 0 Å². The minimum absolute atomic E-state index is 0.306. The minimum atomic E-state index is -0.306. The molecule has 26 heavy (non-hydrogen) atoms. The third-order valence-corrected chi connectivity index (χ3v) is 4.73. The van der Waals surface area contributed by atoms with Crippen LogP contribution >= 0.6 is 0 Å². The molecule has 0 radical (unpaired) electrons. The van der Waals surface area contributed by atoms with Crippen LogP contribution < -0.4 is 11.4 Å². The number of aryl methyl sites for hydroxylation is 2. The van der Waals surface area contributed by atoms with Crippen molar-refractivity contribution in [2.45, 2.75) is 13.3 Å². The normalized spacial score (nSPS) is 11.2. The van der Waals surface area contributed by atoms with E-state index in [-0.39, 0.29) is 5.63 Å². The zero-order valence-corrected chi connectivity index (χ0v) is 14.7. The summed E-state index contributed by atoms with van der Waals surface area (Å²) in [6.45, 7) is 1.96. The van der Waals surface area contributed by atoms with E-state index in [1.54, 1.807) is 12.5 Å². The molecule has 2 aromatic carbocycles. The molecule has 5 heteroatoms. The third-order valence-electron chi connectivity index (χ3n) is 4.73. The van der Waals surface area contributed by atoms with Crippen LogP contribution in [0.3, 0.4) is 0 Å². The molecule has 0 fully saturated rings. The van der Waals surface area contributed by atoms with Crippen LogP contribution in [0.1, 0.15) is 16.7 Å². The van der Waals surface area contributed by atoms with E-state index < -0.39 is 0 Å². The lowest BCUT2D eigenvalue weighted by Crippen LogP contribution is -2.11. The van der Waals surface area contributed by atoms with Crippen LogP contribution in [0, 0.1) is 6.92 Å². The van der Waals surface area contributed by atoms with E-state index in [4.69, 9.17) is 10.2 Å². The number of nitrogen functional groups attached to an aromatic ring is 1. The third kappa shape index (κ3) is 2.77. The van der Waals surface area contributed by atoms with Gasteiger partial charge in [-0.25, -0.2) is 9.78 Å². The van der Waals surface area contributed by atoms with Gasteiger partial charge in [-0.1, -0.05) is 24.3 Å². The smallest absolute Gasteiger partial charge is 0.340 e. The molecule has 2 aromatic heterocycles. The fourth-order valence-corrected chi connectivity index (χ4v) is 3.30. The second kappa shape index (κ2) is 6.19. The van der Waals surface area contributed by atoms with Crippen LogP contribution in [0.25, 0.3) is 22.2 Å². The average Bonchev–Trinajstić information content (AvgIpc) is 3.04. The molecule has 4 aromatic rings. The molecule has 0 amide bonds. The van der Waals surface area contributed by atoms with Crippen molar-refractivity contribution in [3.63, 3.8) is 0 Å². The summed E-state index contributed by atoms with van der Waals surface area (Å²) in [5, 5.41) is 0.939. The maximum absolute atomic E-state index is 12.6. The number of nitrogens with zero attached hydrogens (tertiary/aromatic N) is 2. The Morgan fingerprint density at radius 1 is 1.19 bits per heavy atom. The van der Waals surface area contributed by atoms with Crippen molar-refractivity contribution in [1.29, 1.82) is 0 Å². The summed E-state index contributed by atoms with van der Waals surface area (Å²) in [5.74, 6) is 0. The number of fused-ring (bicyclic) bond motifs is 1. The summed E-state index contributed by atoms with van der Waals surface area (Å²) in [5.41, 5.74) is 11.3. The molecule has 0 spiro atoms. The van der Waals surface area contributed by atoms with Crippen molar-refractivity contribution < 1.29 is 4.42 Å². The lowest BCUT2D eigenvalue weighted by Gasteiger charge is -2.10. The van der Waals surface area contributed by atoms with Gasteiger partial charge in [0.15, 0.2) is 0 Å². The van der Waals surface area contributed by atoms with Gasteiger partial charge in [0.2, 0.25) is 0 Å². The quantitative estimate of drug-likeness (QED) is 0.454. The van der Waals surface area contributed by atoms with E-state index in [0.717, 1.165) is 27.8 Å². The summed E-state index contributed by atoms with van der Waals surface area (Å²) in [7, 11) is 1.93. The van der Waals surface area contributed by atoms with E-state index in [2.05, 4.69) is 4.98 Å². The Bertz CT molecular complexity index is 1170. The molecule has 0 bridgehead atoms. The minimum Gasteiger partial charge on any atom is -0.422 e. The van der Waals surface area contributed by atoms with Gasteiger partial charge in [0.05, 0.1) is 18.2 Å². The molecule has 0 unspecified atom stereocenters. The molecule has 130 valence electrons. The van der Waals surface area contributed by atoms with E-state index >= 15 is 0 Å². The Morgan fingerprint density at radius 3 is 2.77 bits per heavy atom. The number of imidazole rings is 1. The number of anilines is 1. The first-order valence-electron chi connectivity index (χ1n) is 8.40. The molecule has 5 nitrogen and oxygen atoms in total. The molecule has 2 N–H and O–H groups in total. The highest BCUT2D eigenvalue weighted by atomic mass is 16.4. The second-order valence-corrected chi connectivity index (χ2v) is 6.52. The average molecular weight is 345 g/mol. The maximum Gasteiger partial charge on any atom is 0.340 e. The number of benzene rings is 2. The zero-order chi connectivity index (χ0) is 18.3. The van der Waals surface area contributed by atoms with Gasteiger partial charge in [0.25, 0.3) is 0 Å². The summed E-state index contributed by atoms with van der Waals surface area (Å²) in [6, 6.07) is 13.5. The molecule has 0 aliphatic rings. The largest absolute Gasteiger partial charge is 0.422 e. The first kappa shape index (κ1) is 16.1. The predicted molar refractivity (Wildman–Crippen MR) is 103 cm³/mol. The van der Waals surface area contributed by atoms with Crippen molar-refractivity contribution in [1.82, 2.24) is 9.55 Å². The first-order chi connectivity index (χ1) is 12.5. The van der Waals surface area contributed by atoms with Crippen LogP contribution in [0.5, 0.6) is 0 Å². The number of hydrogen-bond donors (Lipinski definition) is 1. The number of rotatable bonds is 3. The van der Waals surface area contributed by atoms with Crippen molar-refractivity contribution >= 4 is 16.7 Å². The van der Waals surface area contributed by atoms with Crippen molar-refractivity contribution in [3.05, 3.63) is 82.1 Å². The highest BCUT2D eigenvalue weighted by molar-refractivity contribution is 5.85. The maximum atomic E-state index is 12.6. The summed E-state index contributed by atoms with van der Waals surface area (Å²) in [4.78, 5) is 16.7. The van der Waals surface area contributed by atoms with Gasteiger partial charge in [0, 0.05) is 35.7 Å². The van der Waals surface area contributed by atoms with Crippen LogP contribution in [0.2, 0.25) is 0 Å². The van der Waals surface area contributed by atoms with Crippen LogP contribution in [-0.4, -0.2) is 9.55 Å². The lowest BCUT2D eigenvalue weighted by atomic mass is 9.98. The Kier molecular flexibility index (Phi) is 3.84. The first-order valence-corrected chi connectivity index (χ1v) is 8.40. The monoisotopic (exact) mass is 345 g/mol. The van der Waals surface area contributed by atoms with Gasteiger partial charge in [-0.3, -0.25) is 0 Å². The van der Waals surface area contributed by atoms with Crippen LogP contribution in [0.15, 0.2) is 64.2 Å². The Balaban J connectivity index is 1.82. The SMILES string of the molecule is Cc1c(Cc2cccc(N)c2)c(=O)oc2cc(-c3cncn3C)ccc12. The summed E-state index contributed by atoms with van der Waals surface area (Å²) < 4.78 is 7.57. The number of hydrogen-bond acceptors (Lipinski definition) is 4. The van der Waals surface area contributed by atoms with Crippen LogP contribution in [-0.2, 0) is 13.5 Å².